The molecule has 0 aromatic heterocycles. The molecule has 19 heavy (non-hydrogen) atoms. The molecular weight excluding hydrogens is 256 g/mol. The second kappa shape index (κ2) is 9.15. The van der Waals surface area contributed by atoms with E-state index in [2.05, 4.69) is 15.4 Å². The number of methoxy groups -OCH3 is 2. The third-order valence-corrected chi connectivity index (χ3v) is 2.42. The molecule has 0 rings (SSSR count). The molecule has 0 heterocycles. The summed E-state index contributed by atoms with van der Waals surface area (Å²) in [5.41, 5.74) is 0. The molecule has 1 unspecified atom stereocenters. The van der Waals surface area contributed by atoms with Crippen LogP contribution in [0.15, 0.2) is 0 Å². The zero-order valence-electron chi connectivity index (χ0n) is 11.3. The van der Waals surface area contributed by atoms with E-state index in [4.69, 9.17) is 9.84 Å². The Kier molecular flexibility index (Phi) is 8.27. The van der Waals surface area contributed by atoms with Crippen LogP contribution in [0.25, 0.3) is 0 Å². The van der Waals surface area contributed by atoms with Crippen molar-refractivity contribution in [3.63, 3.8) is 0 Å². The minimum Gasteiger partial charge on any atom is -0.480 e. The van der Waals surface area contributed by atoms with Gasteiger partial charge in [-0.3, -0.25) is 4.79 Å². The van der Waals surface area contributed by atoms with E-state index in [9.17, 15) is 14.4 Å². The molecule has 3 N–H and O–H groups in total. The van der Waals surface area contributed by atoms with Crippen LogP contribution >= 0.6 is 0 Å². The highest BCUT2D eigenvalue weighted by atomic mass is 16.5. The van der Waals surface area contributed by atoms with Gasteiger partial charge < -0.3 is 25.2 Å². The van der Waals surface area contributed by atoms with Crippen LogP contribution in [0.3, 0.4) is 0 Å². The van der Waals surface area contributed by atoms with Gasteiger partial charge in [0.25, 0.3) is 0 Å². The Bertz CT molecular complexity index is 320. The number of esters is 1. The van der Waals surface area contributed by atoms with Crippen molar-refractivity contribution in [3.05, 3.63) is 0 Å². The van der Waals surface area contributed by atoms with Crippen molar-refractivity contribution in [2.24, 2.45) is 0 Å². The number of amides is 2. The summed E-state index contributed by atoms with van der Waals surface area (Å²) < 4.78 is 9.33. The van der Waals surface area contributed by atoms with E-state index in [1.54, 1.807) is 6.92 Å². The predicted octanol–water partition coefficient (Wildman–Crippen LogP) is -0.273. The smallest absolute Gasteiger partial charge is 0.326 e. The van der Waals surface area contributed by atoms with E-state index >= 15 is 0 Å². The van der Waals surface area contributed by atoms with E-state index in [1.165, 1.54) is 14.2 Å². The van der Waals surface area contributed by atoms with E-state index in [0.717, 1.165) is 0 Å². The van der Waals surface area contributed by atoms with Crippen molar-refractivity contribution in [1.82, 2.24) is 10.6 Å². The van der Waals surface area contributed by atoms with Crippen molar-refractivity contribution < 1.29 is 29.0 Å². The number of carboxylic acids is 1. The summed E-state index contributed by atoms with van der Waals surface area (Å²) in [6.45, 7) is 2.01. The summed E-state index contributed by atoms with van der Waals surface area (Å²) >= 11 is 0. The van der Waals surface area contributed by atoms with Crippen LogP contribution in [0.1, 0.15) is 19.8 Å². The summed E-state index contributed by atoms with van der Waals surface area (Å²) in [6, 6.07) is -1.77. The molecule has 110 valence electrons. The highest BCUT2D eigenvalue weighted by Gasteiger charge is 2.21. The molecule has 0 aliphatic carbocycles. The van der Waals surface area contributed by atoms with Gasteiger partial charge in [-0.2, -0.15) is 0 Å². The van der Waals surface area contributed by atoms with Gasteiger partial charge in [0.15, 0.2) is 0 Å². The van der Waals surface area contributed by atoms with Crippen LogP contribution in [-0.2, 0) is 19.1 Å². The molecule has 0 radical (unpaired) electrons. The Balaban J connectivity index is 4.15. The van der Waals surface area contributed by atoms with Crippen LogP contribution in [0, 0.1) is 0 Å². The number of hydrogen-bond acceptors (Lipinski definition) is 5. The Labute approximate surface area is 111 Å². The van der Waals surface area contributed by atoms with Gasteiger partial charge in [-0.1, -0.05) is 0 Å². The van der Waals surface area contributed by atoms with Crippen molar-refractivity contribution in [3.8, 4) is 0 Å². The molecule has 0 fully saturated rings. The normalized spacial score (nSPS) is 13.2. The molecule has 0 bridgehead atoms. The minimum atomic E-state index is -1.21. The van der Waals surface area contributed by atoms with Crippen LogP contribution in [0.2, 0.25) is 0 Å². The number of aliphatic carboxylic acids is 1. The van der Waals surface area contributed by atoms with Crippen molar-refractivity contribution in [2.45, 2.75) is 31.9 Å². The predicted molar refractivity (Wildman–Crippen MR) is 65.7 cm³/mol. The number of carboxylic acid groups (broad SMARTS) is 1. The van der Waals surface area contributed by atoms with Gasteiger partial charge >= 0.3 is 18.0 Å². The van der Waals surface area contributed by atoms with Gasteiger partial charge in [-0.05, 0) is 13.3 Å². The standard InChI is InChI=1S/C11H20N2O6/c1-7(18-2)6-12-11(17)13-8(10(15)16)4-5-9(14)19-3/h7-8H,4-6H2,1-3H3,(H,15,16)(H2,12,13,17)/t7?,8-/m1/s1. The van der Waals surface area contributed by atoms with Crippen LogP contribution in [-0.4, -0.2) is 56.0 Å². The first-order chi connectivity index (χ1) is 8.90. The number of rotatable bonds is 8. The highest BCUT2D eigenvalue weighted by Crippen LogP contribution is 1.99. The van der Waals surface area contributed by atoms with Crippen LogP contribution < -0.4 is 10.6 Å². The van der Waals surface area contributed by atoms with Gasteiger partial charge in [-0.15, -0.1) is 0 Å². The third kappa shape index (κ3) is 7.98. The van der Waals surface area contributed by atoms with Crippen molar-refractivity contribution >= 4 is 18.0 Å². The SMILES string of the molecule is COC(=O)CC[C@@H](NC(=O)NCC(C)OC)C(=O)O. The zero-order chi connectivity index (χ0) is 14.8. The molecule has 0 saturated carbocycles. The number of nitrogens with one attached hydrogen (secondary N) is 2. The van der Waals surface area contributed by atoms with E-state index < -0.39 is 24.0 Å². The summed E-state index contributed by atoms with van der Waals surface area (Å²) in [7, 11) is 2.71. The molecule has 0 aromatic carbocycles. The topological polar surface area (TPSA) is 114 Å². The quantitative estimate of drug-likeness (QED) is 0.526. The molecule has 8 nitrogen and oxygen atoms in total. The molecule has 2 amide bonds. The molecule has 2 atom stereocenters. The Morgan fingerprint density at radius 2 is 1.89 bits per heavy atom. The summed E-state index contributed by atoms with van der Waals surface area (Å²) in [4.78, 5) is 33.3. The molecule has 0 spiro atoms. The third-order valence-electron chi connectivity index (χ3n) is 2.42. The molecule has 0 aromatic rings. The number of carbonyl (C=O) groups excluding carboxylic acids is 2. The van der Waals surface area contributed by atoms with Crippen molar-refractivity contribution in [1.29, 1.82) is 0 Å². The van der Waals surface area contributed by atoms with Gasteiger partial charge in [0.05, 0.1) is 13.2 Å². The van der Waals surface area contributed by atoms with E-state index in [0.29, 0.717) is 0 Å². The summed E-state index contributed by atoms with van der Waals surface area (Å²) in [5.74, 6) is -1.74. The first-order valence-corrected chi connectivity index (χ1v) is 5.77. The summed E-state index contributed by atoms with van der Waals surface area (Å²) in [6.07, 6.45) is -0.290. The maximum absolute atomic E-state index is 11.4. The minimum absolute atomic E-state index is 0.0325. The zero-order valence-corrected chi connectivity index (χ0v) is 11.3. The van der Waals surface area contributed by atoms with Gasteiger partial charge in [0.1, 0.15) is 6.04 Å². The second-order valence-corrected chi connectivity index (χ2v) is 3.91. The lowest BCUT2D eigenvalue weighted by Gasteiger charge is -2.16. The fraction of sp³-hybridized carbons (Fsp3) is 0.727. The Morgan fingerprint density at radius 1 is 1.26 bits per heavy atom. The molecule has 0 aliphatic rings. The maximum atomic E-state index is 11.4. The first-order valence-electron chi connectivity index (χ1n) is 5.77. The number of carbonyl (C=O) groups is 3. The lowest BCUT2D eigenvalue weighted by Crippen LogP contribution is -2.47. The molecular formula is C11H20N2O6. The van der Waals surface area contributed by atoms with Crippen LogP contribution in [0.5, 0.6) is 0 Å². The lowest BCUT2D eigenvalue weighted by atomic mass is 10.1. The second-order valence-electron chi connectivity index (χ2n) is 3.91. The fourth-order valence-corrected chi connectivity index (χ4v) is 1.15. The highest BCUT2D eigenvalue weighted by molar-refractivity contribution is 5.83. The maximum Gasteiger partial charge on any atom is 0.326 e. The van der Waals surface area contributed by atoms with E-state index in [1.807, 2.05) is 0 Å². The number of ether oxygens (including phenoxy) is 2. The van der Waals surface area contributed by atoms with Gasteiger partial charge in [0.2, 0.25) is 0 Å². The first kappa shape index (κ1) is 17.2. The van der Waals surface area contributed by atoms with E-state index in [-0.39, 0.29) is 25.5 Å². The largest absolute Gasteiger partial charge is 0.480 e. The Morgan fingerprint density at radius 3 is 2.37 bits per heavy atom. The van der Waals surface area contributed by atoms with Crippen LogP contribution in [0.4, 0.5) is 4.79 Å². The lowest BCUT2D eigenvalue weighted by molar-refractivity contribution is -0.142. The van der Waals surface area contributed by atoms with Gasteiger partial charge in [-0.25, -0.2) is 9.59 Å². The Hall–Kier alpha value is -1.83. The number of urea groups is 1. The van der Waals surface area contributed by atoms with Gasteiger partial charge in [0, 0.05) is 20.1 Å². The average Bonchev–Trinajstić information content (AvgIpc) is 2.39. The van der Waals surface area contributed by atoms with Crippen molar-refractivity contribution in [2.75, 3.05) is 20.8 Å². The molecule has 0 aliphatic heterocycles. The molecule has 0 saturated heterocycles. The fourth-order valence-electron chi connectivity index (χ4n) is 1.15. The molecule has 8 heteroatoms. The monoisotopic (exact) mass is 276 g/mol. The summed E-state index contributed by atoms with van der Waals surface area (Å²) in [5, 5.41) is 13.6. The number of hydrogen-bond donors (Lipinski definition) is 3. The average molecular weight is 276 g/mol.